The molecule has 0 saturated carbocycles. The molecule has 0 unspecified atom stereocenters. The molecule has 2 heterocycles. The molecule has 0 atom stereocenters. The maximum Gasteiger partial charge on any atom is 0.0716 e. The SMILES string of the molecule is CCc1sc(Br)cc1Cl.NCc1sccc1Cl. The molecule has 0 spiro atoms. The normalized spacial score (nSPS) is 9.94. The zero-order valence-corrected chi connectivity index (χ0v) is 13.9. The Hall–Kier alpha value is 0.420. The van der Waals surface area contributed by atoms with Crippen LogP contribution in [0, 0.1) is 0 Å². The Kier molecular flexibility index (Phi) is 7.07. The van der Waals surface area contributed by atoms with Crippen molar-refractivity contribution in [3.8, 4) is 0 Å². The van der Waals surface area contributed by atoms with E-state index in [1.165, 1.54) is 4.88 Å². The maximum atomic E-state index is 5.83. The van der Waals surface area contributed by atoms with Crippen molar-refractivity contribution >= 4 is 61.8 Å². The summed E-state index contributed by atoms with van der Waals surface area (Å²) in [5, 5.41) is 3.61. The van der Waals surface area contributed by atoms with E-state index in [1.54, 1.807) is 22.7 Å². The average molecular weight is 373 g/mol. The lowest BCUT2D eigenvalue weighted by Crippen LogP contribution is -1.92. The van der Waals surface area contributed by atoms with Gasteiger partial charge >= 0.3 is 0 Å². The van der Waals surface area contributed by atoms with Gasteiger partial charge in [0.15, 0.2) is 0 Å². The summed E-state index contributed by atoms with van der Waals surface area (Å²) in [7, 11) is 0. The first-order valence-corrected chi connectivity index (χ1v) is 8.18. The molecular formula is C11H12BrCl2NS2. The second-order valence-electron chi connectivity index (χ2n) is 3.07. The first-order chi connectivity index (χ1) is 8.08. The highest BCUT2D eigenvalue weighted by Gasteiger charge is 2.01. The van der Waals surface area contributed by atoms with E-state index in [9.17, 15) is 0 Å². The second kappa shape index (κ2) is 7.77. The van der Waals surface area contributed by atoms with Gasteiger partial charge in [-0.1, -0.05) is 30.1 Å². The average Bonchev–Trinajstić information content (AvgIpc) is 2.85. The molecule has 6 heteroatoms. The number of hydrogen-bond acceptors (Lipinski definition) is 3. The van der Waals surface area contributed by atoms with Crippen LogP contribution in [0.25, 0.3) is 0 Å². The van der Waals surface area contributed by atoms with Gasteiger partial charge in [-0.3, -0.25) is 0 Å². The van der Waals surface area contributed by atoms with E-state index in [-0.39, 0.29) is 0 Å². The molecule has 2 rings (SSSR count). The minimum Gasteiger partial charge on any atom is -0.326 e. The van der Waals surface area contributed by atoms with Crippen LogP contribution < -0.4 is 5.73 Å². The molecular weight excluding hydrogens is 361 g/mol. The van der Waals surface area contributed by atoms with E-state index in [0.717, 1.165) is 25.1 Å². The van der Waals surface area contributed by atoms with E-state index in [2.05, 4.69) is 22.9 Å². The summed E-state index contributed by atoms with van der Waals surface area (Å²) in [6.45, 7) is 2.65. The van der Waals surface area contributed by atoms with Crippen LogP contribution in [0.2, 0.25) is 10.0 Å². The quantitative estimate of drug-likeness (QED) is 0.730. The third kappa shape index (κ3) is 4.89. The molecule has 0 fully saturated rings. The fourth-order valence-electron chi connectivity index (χ4n) is 1.09. The summed E-state index contributed by atoms with van der Waals surface area (Å²) in [6.07, 6.45) is 1.02. The van der Waals surface area contributed by atoms with Gasteiger partial charge in [0.25, 0.3) is 0 Å². The van der Waals surface area contributed by atoms with Crippen LogP contribution >= 0.6 is 61.8 Å². The lowest BCUT2D eigenvalue weighted by atomic mass is 10.4. The molecule has 0 saturated heterocycles. The van der Waals surface area contributed by atoms with Gasteiger partial charge in [0.1, 0.15) is 0 Å². The third-order valence-corrected chi connectivity index (χ3v) is 5.57. The Morgan fingerprint density at radius 1 is 1.29 bits per heavy atom. The zero-order valence-electron chi connectivity index (χ0n) is 9.17. The van der Waals surface area contributed by atoms with E-state index < -0.39 is 0 Å². The molecule has 0 bridgehead atoms. The highest BCUT2D eigenvalue weighted by molar-refractivity contribution is 9.11. The van der Waals surface area contributed by atoms with Gasteiger partial charge in [-0.05, 0) is 39.9 Å². The van der Waals surface area contributed by atoms with E-state index in [1.807, 2.05) is 17.5 Å². The number of thiophene rings is 2. The highest BCUT2D eigenvalue weighted by Crippen LogP contribution is 2.30. The molecule has 0 radical (unpaired) electrons. The van der Waals surface area contributed by atoms with E-state index >= 15 is 0 Å². The molecule has 2 N–H and O–H groups in total. The van der Waals surface area contributed by atoms with Crippen molar-refractivity contribution in [2.45, 2.75) is 19.9 Å². The van der Waals surface area contributed by atoms with Crippen LogP contribution in [-0.4, -0.2) is 0 Å². The first kappa shape index (κ1) is 15.5. The molecule has 17 heavy (non-hydrogen) atoms. The Morgan fingerprint density at radius 3 is 2.24 bits per heavy atom. The Labute approximate surface area is 128 Å². The van der Waals surface area contributed by atoms with Gasteiger partial charge in [0.05, 0.1) is 13.8 Å². The van der Waals surface area contributed by atoms with Gasteiger partial charge in [-0.25, -0.2) is 0 Å². The minimum absolute atomic E-state index is 0.552. The van der Waals surface area contributed by atoms with Crippen LogP contribution in [0.15, 0.2) is 21.3 Å². The Balaban J connectivity index is 0.000000171. The van der Waals surface area contributed by atoms with Crippen LogP contribution in [0.3, 0.4) is 0 Å². The topological polar surface area (TPSA) is 26.0 Å². The third-order valence-electron chi connectivity index (χ3n) is 1.92. The van der Waals surface area contributed by atoms with Gasteiger partial charge in [-0.15, -0.1) is 22.7 Å². The Bertz CT molecular complexity index is 468. The summed E-state index contributed by atoms with van der Waals surface area (Å²) >= 11 is 18.1. The van der Waals surface area contributed by atoms with Crippen LogP contribution in [0.5, 0.6) is 0 Å². The van der Waals surface area contributed by atoms with Gasteiger partial charge < -0.3 is 5.73 Å². The van der Waals surface area contributed by atoms with Crippen molar-refractivity contribution < 1.29 is 0 Å². The molecule has 0 amide bonds. The molecule has 1 nitrogen and oxygen atoms in total. The fourth-order valence-corrected chi connectivity index (χ4v) is 4.16. The summed E-state index contributed by atoms with van der Waals surface area (Å²) in [5.41, 5.74) is 5.32. The van der Waals surface area contributed by atoms with E-state index in [4.69, 9.17) is 28.9 Å². The molecule has 0 aromatic carbocycles. The standard InChI is InChI=1S/C6H6BrClS.C5H6ClNS/c1-2-5-4(8)3-6(7)9-5;6-4-1-2-8-5(4)3-7/h3H,2H2,1H3;1-2H,3,7H2. The fraction of sp³-hybridized carbons (Fsp3) is 0.273. The van der Waals surface area contributed by atoms with Gasteiger partial charge in [-0.2, -0.15) is 0 Å². The van der Waals surface area contributed by atoms with Crippen LogP contribution in [-0.2, 0) is 13.0 Å². The summed E-state index contributed by atoms with van der Waals surface area (Å²) < 4.78 is 1.12. The van der Waals surface area contributed by atoms with Crippen molar-refractivity contribution in [3.63, 3.8) is 0 Å². The van der Waals surface area contributed by atoms with Crippen molar-refractivity contribution in [3.05, 3.63) is 41.1 Å². The largest absolute Gasteiger partial charge is 0.326 e. The summed E-state index contributed by atoms with van der Waals surface area (Å²) in [4.78, 5) is 2.32. The van der Waals surface area contributed by atoms with Crippen molar-refractivity contribution in [1.29, 1.82) is 0 Å². The molecule has 2 aromatic heterocycles. The lowest BCUT2D eigenvalue weighted by molar-refractivity contribution is 1.11. The minimum atomic E-state index is 0.552. The van der Waals surface area contributed by atoms with Crippen LogP contribution in [0.4, 0.5) is 0 Å². The zero-order chi connectivity index (χ0) is 12.8. The van der Waals surface area contributed by atoms with Crippen molar-refractivity contribution in [1.82, 2.24) is 0 Å². The molecule has 0 aliphatic rings. The Morgan fingerprint density at radius 2 is 2.00 bits per heavy atom. The molecule has 2 aromatic rings. The van der Waals surface area contributed by atoms with Crippen molar-refractivity contribution in [2.24, 2.45) is 5.73 Å². The molecule has 0 aliphatic heterocycles. The summed E-state index contributed by atoms with van der Waals surface area (Å²) in [5.74, 6) is 0. The first-order valence-electron chi connectivity index (χ1n) is 4.94. The predicted octanol–water partition coefficient (Wildman–Crippen LogP) is 5.59. The highest BCUT2D eigenvalue weighted by atomic mass is 79.9. The number of aryl methyl sites for hydroxylation is 1. The number of hydrogen-bond donors (Lipinski definition) is 1. The predicted molar refractivity (Wildman–Crippen MR) is 83.6 cm³/mol. The van der Waals surface area contributed by atoms with Gasteiger partial charge in [0.2, 0.25) is 0 Å². The second-order valence-corrected chi connectivity index (χ2v) is 7.40. The number of rotatable bonds is 2. The number of nitrogens with two attached hydrogens (primary N) is 1. The molecule has 0 aliphatic carbocycles. The lowest BCUT2D eigenvalue weighted by Gasteiger charge is -1.85. The summed E-state index contributed by atoms with van der Waals surface area (Å²) in [6, 6.07) is 3.79. The van der Waals surface area contributed by atoms with E-state index in [0.29, 0.717) is 6.54 Å². The maximum absolute atomic E-state index is 5.83. The number of halogens is 3. The smallest absolute Gasteiger partial charge is 0.0716 e. The van der Waals surface area contributed by atoms with Crippen LogP contribution in [0.1, 0.15) is 16.7 Å². The van der Waals surface area contributed by atoms with Gasteiger partial charge in [0, 0.05) is 16.3 Å². The van der Waals surface area contributed by atoms with Crippen molar-refractivity contribution in [2.75, 3.05) is 0 Å². The monoisotopic (exact) mass is 371 g/mol. The molecule has 94 valence electrons.